The van der Waals surface area contributed by atoms with Gasteiger partial charge < -0.3 is 9.47 Å². The van der Waals surface area contributed by atoms with Crippen LogP contribution in [-0.2, 0) is 22.7 Å². The molecule has 0 bridgehead atoms. The molecular formula is C34H31N5O2. The molecule has 2 aliphatic rings. The largest absolute Gasteiger partial charge is 0.339 e. The summed E-state index contributed by atoms with van der Waals surface area (Å²) in [5.74, 6) is 0.306. The van der Waals surface area contributed by atoms with Gasteiger partial charge in [0.15, 0.2) is 5.78 Å². The van der Waals surface area contributed by atoms with Crippen LogP contribution in [0.2, 0.25) is 0 Å². The molecule has 7 nitrogen and oxygen atoms in total. The van der Waals surface area contributed by atoms with Crippen LogP contribution in [-0.4, -0.2) is 50.7 Å². The summed E-state index contributed by atoms with van der Waals surface area (Å²) in [6.07, 6.45) is 7.75. The van der Waals surface area contributed by atoms with Gasteiger partial charge >= 0.3 is 0 Å². The maximum Gasteiger partial charge on any atom is 0.245 e. The molecule has 4 heterocycles. The van der Waals surface area contributed by atoms with Gasteiger partial charge in [-0.1, -0.05) is 36.9 Å². The molecule has 0 atom stereocenters. The van der Waals surface area contributed by atoms with Gasteiger partial charge in [-0.3, -0.25) is 19.7 Å². The Morgan fingerprint density at radius 1 is 1.07 bits per heavy atom. The quantitative estimate of drug-likeness (QED) is 0.256. The number of nitrogens with one attached hydrogen (secondary N) is 1. The normalized spacial score (nSPS) is 14.5. The highest BCUT2D eigenvalue weighted by Gasteiger charge is 2.31. The van der Waals surface area contributed by atoms with Crippen LogP contribution in [0, 0.1) is 19.8 Å². The molecule has 3 aromatic carbocycles. The number of nitrogens with zero attached hydrogens (tertiary/aromatic N) is 4. The SMILES string of the molecule is C=CC(=O)N1CC(CC(=O)Cn2cc(-c3c(C)ccc4c3CN=C4)c3cc(-c4c(C)ccc5cn[nH]c45)ccc32)C1. The van der Waals surface area contributed by atoms with Crippen molar-refractivity contribution in [1.82, 2.24) is 19.7 Å². The summed E-state index contributed by atoms with van der Waals surface area (Å²) in [4.78, 5) is 31.4. The molecule has 0 unspecified atom stereocenters. The van der Waals surface area contributed by atoms with E-state index in [0.29, 0.717) is 32.6 Å². The van der Waals surface area contributed by atoms with Gasteiger partial charge in [0.2, 0.25) is 5.91 Å². The minimum absolute atomic E-state index is 0.0682. The average molecular weight is 542 g/mol. The van der Waals surface area contributed by atoms with Crippen LogP contribution < -0.4 is 0 Å². The van der Waals surface area contributed by atoms with E-state index in [9.17, 15) is 9.59 Å². The van der Waals surface area contributed by atoms with Gasteiger partial charge in [0.25, 0.3) is 0 Å². The molecule has 41 heavy (non-hydrogen) atoms. The molecule has 2 aromatic heterocycles. The molecule has 0 saturated carbocycles. The van der Waals surface area contributed by atoms with E-state index in [1.807, 2.05) is 12.4 Å². The zero-order valence-electron chi connectivity index (χ0n) is 23.3. The Labute approximate surface area is 238 Å². The summed E-state index contributed by atoms with van der Waals surface area (Å²) >= 11 is 0. The fourth-order valence-electron chi connectivity index (χ4n) is 6.54. The second-order valence-corrected chi connectivity index (χ2v) is 11.3. The van der Waals surface area contributed by atoms with E-state index in [2.05, 4.69) is 88.8 Å². The smallest absolute Gasteiger partial charge is 0.245 e. The molecule has 1 fully saturated rings. The number of carbonyl (C=O) groups is 2. The lowest BCUT2D eigenvalue weighted by molar-refractivity contribution is -0.134. The van der Waals surface area contributed by atoms with E-state index in [1.54, 1.807) is 4.90 Å². The Bertz CT molecular complexity index is 1920. The average Bonchev–Trinajstić information content (AvgIpc) is 3.69. The third-order valence-corrected chi connectivity index (χ3v) is 8.61. The number of aliphatic imine (C=N–C) groups is 1. The van der Waals surface area contributed by atoms with E-state index in [-0.39, 0.29) is 17.6 Å². The van der Waals surface area contributed by atoms with Crippen molar-refractivity contribution in [3.63, 3.8) is 0 Å². The van der Waals surface area contributed by atoms with Crippen molar-refractivity contribution in [2.75, 3.05) is 13.1 Å². The van der Waals surface area contributed by atoms with Gasteiger partial charge in [0.1, 0.15) is 0 Å². The predicted octanol–water partition coefficient (Wildman–Crippen LogP) is 6.00. The molecule has 0 aliphatic carbocycles. The molecule has 7 rings (SSSR count). The number of amides is 1. The van der Waals surface area contributed by atoms with E-state index in [4.69, 9.17) is 0 Å². The number of hydrogen-bond donors (Lipinski definition) is 1. The van der Waals surface area contributed by atoms with Crippen LogP contribution in [0.15, 0.2) is 72.5 Å². The number of carbonyl (C=O) groups excluding carboxylic acids is 2. The lowest BCUT2D eigenvalue weighted by atomic mass is 9.91. The van der Waals surface area contributed by atoms with Crippen LogP contribution >= 0.6 is 0 Å². The molecule has 1 saturated heterocycles. The number of aromatic nitrogens is 3. The summed E-state index contributed by atoms with van der Waals surface area (Å²) in [7, 11) is 0. The summed E-state index contributed by atoms with van der Waals surface area (Å²) < 4.78 is 2.10. The van der Waals surface area contributed by atoms with E-state index in [1.165, 1.54) is 28.3 Å². The second kappa shape index (κ2) is 9.70. The molecule has 1 N–H and O–H groups in total. The Balaban J connectivity index is 1.31. The number of Topliss-reactive ketones (excluding diaryl/α,β-unsaturated/α-hetero) is 1. The van der Waals surface area contributed by atoms with E-state index < -0.39 is 0 Å². The van der Waals surface area contributed by atoms with Crippen molar-refractivity contribution in [2.45, 2.75) is 33.4 Å². The highest BCUT2D eigenvalue weighted by molar-refractivity contribution is 6.04. The van der Waals surface area contributed by atoms with Crippen LogP contribution in [0.5, 0.6) is 0 Å². The Kier molecular flexibility index (Phi) is 5.96. The van der Waals surface area contributed by atoms with Crippen molar-refractivity contribution in [2.24, 2.45) is 10.9 Å². The van der Waals surface area contributed by atoms with Crippen LogP contribution in [0.1, 0.15) is 28.7 Å². The highest BCUT2D eigenvalue weighted by atomic mass is 16.2. The number of likely N-dealkylation sites (tertiary alicyclic amines) is 1. The first-order valence-corrected chi connectivity index (χ1v) is 14.0. The van der Waals surface area contributed by atoms with Crippen molar-refractivity contribution >= 4 is 39.7 Å². The first-order chi connectivity index (χ1) is 19.9. The number of H-pyrrole nitrogens is 1. The molecule has 2 aliphatic heterocycles. The lowest BCUT2D eigenvalue weighted by Gasteiger charge is -2.38. The fraction of sp³-hybridized carbons (Fsp3) is 0.235. The number of rotatable bonds is 7. The molecular weight excluding hydrogens is 510 g/mol. The molecule has 204 valence electrons. The monoisotopic (exact) mass is 541 g/mol. The molecule has 0 spiro atoms. The van der Waals surface area contributed by atoms with Crippen LogP contribution in [0.3, 0.4) is 0 Å². The second-order valence-electron chi connectivity index (χ2n) is 11.3. The Hall–Kier alpha value is -4.78. The highest BCUT2D eigenvalue weighted by Crippen LogP contribution is 2.40. The van der Waals surface area contributed by atoms with Crippen LogP contribution in [0.4, 0.5) is 0 Å². The molecule has 1 amide bonds. The zero-order valence-corrected chi connectivity index (χ0v) is 23.3. The Morgan fingerprint density at radius 3 is 2.71 bits per heavy atom. The standard InChI is InChI=1S/C34H31N5O2/c1-4-31(41)39-16-22(17-39)11-26(40)18-38-19-29(33-21(3)5-7-24-13-35-15-28(24)33)27-12-23(9-10-30(27)38)32-20(2)6-8-25-14-36-37-34(25)32/h4-10,12-14,19,22H,1,11,15-18H2,2-3H3,(H,36,37). The van der Waals surface area contributed by atoms with E-state index in [0.717, 1.165) is 44.1 Å². The first kappa shape index (κ1) is 25.2. The summed E-state index contributed by atoms with van der Waals surface area (Å²) in [5.41, 5.74) is 11.4. The number of ketones is 1. The number of benzene rings is 3. The van der Waals surface area contributed by atoms with Crippen LogP contribution in [0.25, 0.3) is 44.1 Å². The topological polar surface area (TPSA) is 83.3 Å². The lowest BCUT2D eigenvalue weighted by Crippen LogP contribution is -2.50. The third kappa shape index (κ3) is 4.20. The first-order valence-electron chi connectivity index (χ1n) is 14.0. The van der Waals surface area contributed by atoms with Crippen molar-refractivity contribution in [1.29, 1.82) is 0 Å². The van der Waals surface area contributed by atoms with Gasteiger partial charge in [-0.25, -0.2) is 0 Å². The molecule has 7 heteroatoms. The number of fused-ring (bicyclic) bond motifs is 3. The maximum atomic E-state index is 13.3. The third-order valence-electron chi connectivity index (χ3n) is 8.61. The fourth-order valence-corrected chi connectivity index (χ4v) is 6.54. The van der Waals surface area contributed by atoms with Crippen molar-refractivity contribution in [3.05, 3.63) is 89.8 Å². The van der Waals surface area contributed by atoms with E-state index >= 15 is 0 Å². The van der Waals surface area contributed by atoms with Gasteiger partial charge in [0.05, 0.1) is 24.8 Å². The van der Waals surface area contributed by atoms with Gasteiger partial charge in [-0.05, 0) is 65.4 Å². The Morgan fingerprint density at radius 2 is 1.88 bits per heavy atom. The van der Waals surface area contributed by atoms with Gasteiger partial charge in [0, 0.05) is 65.3 Å². The number of aromatic amines is 1. The maximum absolute atomic E-state index is 13.3. The van der Waals surface area contributed by atoms with Gasteiger partial charge in [-0.15, -0.1) is 0 Å². The number of hydrogen-bond acceptors (Lipinski definition) is 4. The minimum atomic E-state index is -0.0682. The molecule has 5 aromatic rings. The summed E-state index contributed by atoms with van der Waals surface area (Å²) in [6.45, 7) is 10.0. The summed E-state index contributed by atoms with van der Waals surface area (Å²) in [6, 6.07) is 15.1. The minimum Gasteiger partial charge on any atom is -0.339 e. The number of aryl methyl sites for hydroxylation is 2. The van der Waals surface area contributed by atoms with Gasteiger partial charge in [-0.2, -0.15) is 5.10 Å². The zero-order chi connectivity index (χ0) is 28.2. The van der Waals surface area contributed by atoms with Crippen molar-refractivity contribution < 1.29 is 9.59 Å². The van der Waals surface area contributed by atoms with Crippen molar-refractivity contribution in [3.8, 4) is 22.3 Å². The predicted molar refractivity (Wildman–Crippen MR) is 163 cm³/mol. The summed E-state index contributed by atoms with van der Waals surface area (Å²) in [5, 5.41) is 9.67. The molecule has 0 radical (unpaired) electrons.